The molecule has 0 radical (unpaired) electrons. The van der Waals surface area contributed by atoms with Gasteiger partial charge in [0, 0.05) is 11.2 Å². The summed E-state index contributed by atoms with van der Waals surface area (Å²) < 4.78 is 36.1. The Labute approximate surface area is 323 Å². The van der Waals surface area contributed by atoms with E-state index in [-0.39, 0.29) is 30.8 Å². The standard InChI is InChI=1S/C41H65BrNO7PSi/c1-7-8-9-10-11-12-13-14-15-16-17-18-19-28-39(50-52(5,6)41(2,3)4)38(32-49-51(45,46)48-30-29-42)43-40(44)47-31-37-35-26-22-20-24-33(35)34-25-21-23-27-36(34)37/h19-28,37-39H,7-18,29-32H2,1-6H3,(H,43,44)(H,45,46)/b28-19+/t38-,39+/m0/s1. The van der Waals surface area contributed by atoms with Gasteiger partial charge in [-0.25, -0.2) is 9.36 Å². The summed E-state index contributed by atoms with van der Waals surface area (Å²) in [7, 11) is -6.76. The number of benzene rings is 2. The fourth-order valence-electron chi connectivity index (χ4n) is 6.30. The summed E-state index contributed by atoms with van der Waals surface area (Å²) >= 11 is 3.22. The SMILES string of the molecule is CCCCCCCCCCCCC/C=C/[C@@H](O[Si](C)(C)C(C)(C)C)[C@H](COP(=O)(O)OCCBr)NC(=O)OCC1c2ccccc2-c2ccccc21. The molecular formula is C41H65BrNO7PSi. The largest absolute Gasteiger partial charge is 0.472 e. The molecule has 0 fully saturated rings. The highest BCUT2D eigenvalue weighted by Gasteiger charge is 2.41. The topological polar surface area (TPSA) is 103 Å². The number of phosphoric ester groups is 1. The Morgan fingerprint density at radius 3 is 1.98 bits per heavy atom. The quantitative estimate of drug-likeness (QED) is 0.0338. The smallest absolute Gasteiger partial charge is 0.449 e. The molecule has 0 saturated carbocycles. The van der Waals surface area contributed by atoms with Gasteiger partial charge in [0.15, 0.2) is 8.32 Å². The molecule has 0 heterocycles. The summed E-state index contributed by atoms with van der Waals surface area (Å²) in [6, 6.07) is 15.6. The Kier molecular flexibility index (Phi) is 19.4. The zero-order chi connectivity index (χ0) is 38.0. The molecule has 8 nitrogen and oxygen atoms in total. The van der Waals surface area contributed by atoms with Gasteiger partial charge in [0.05, 0.1) is 25.4 Å². The highest BCUT2D eigenvalue weighted by molar-refractivity contribution is 9.09. The molecule has 1 unspecified atom stereocenters. The fraction of sp³-hybridized carbons (Fsp3) is 0.634. The van der Waals surface area contributed by atoms with Crippen LogP contribution in [0.25, 0.3) is 11.1 Å². The molecule has 2 aromatic carbocycles. The molecule has 3 atom stereocenters. The minimum absolute atomic E-state index is 0.00100. The van der Waals surface area contributed by atoms with Crippen molar-refractivity contribution in [3.05, 3.63) is 71.8 Å². The zero-order valence-electron chi connectivity index (χ0n) is 32.5. The highest BCUT2D eigenvalue weighted by atomic mass is 79.9. The molecule has 52 heavy (non-hydrogen) atoms. The molecule has 0 saturated heterocycles. The van der Waals surface area contributed by atoms with Crippen molar-refractivity contribution < 1.29 is 32.5 Å². The number of ether oxygens (including phenoxy) is 1. The van der Waals surface area contributed by atoms with E-state index in [1.165, 1.54) is 57.8 Å². The normalized spacial score (nSPS) is 15.6. The number of rotatable bonds is 25. The van der Waals surface area contributed by atoms with Crippen molar-refractivity contribution in [3.63, 3.8) is 0 Å². The zero-order valence-corrected chi connectivity index (χ0v) is 36.0. The molecule has 292 valence electrons. The summed E-state index contributed by atoms with van der Waals surface area (Å²) in [6.45, 7) is 12.9. The van der Waals surface area contributed by atoms with Crippen LogP contribution in [0.2, 0.25) is 18.1 Å². The summed E-state index contributed by atoms with van der Waals surface area (Å²) in [5, 5.41) is 3.21. The average molecular weight is 823 g/mol. The molecule has 2 N–H and O–H groups in total. The molecule has 1 aliphatic rings. The maximum atomic E-state index is 13.6. The fourth-order valence-corrected chi connectivity index (χ4v) is 8.74. The number of hydrogen-bond donors (Lipinski definition) is 2. The van der Waals surface area contributed by atoms with Crippen LogP contribution < -0.4 is 5.32 Å². The summed E-state index contributed by atoms with van der Waals surface area (Å²) in [5.74, 6) is -0.104. The minimum Gasteiger partial charge on any atom is -0.449 e. The number of fused-ring (bicyclic) bond motifs is 3. The van der Waals surface area contributed by atoms with Crippen molar-refractivity contribution in [2.45, 2.75) is 141 Å². The molecule has 3 rings (SSSR count). The van der Waals surface area contributed by atoms with Gasteiger partial charge >= 0.3 is 13.9 Å². The number of alkyl carbamates (subject to hydrolysis) is 1. The van der Waals surface area contributed by atoms with Gasteiger partial charge in [-0.3, -0.25) is 9.05 Å². The lowest BCUT2D eigenvalue weighted by Gasteiger charge is -2.40. The number of unbranched alkanes of at least 4 members (excludes halogenated alkanes) is 11. The maximum Gasteiger partial charge on any atom is 0.472 e. The first-order chi connectivity index (χ1) is 24.8. The molecule has 2 aromatic rings. The monoisotopic (exact) mass is 821 g/mol. The summed E-state index contributed by atoms with van der Waals surface area (Å²) in [4.78, 5) is 24.0. The molecule has 11 heteroatoms. The van der Waals surface area contributed by atoms with Crippen molar-refractivity contribution in [1.29, 1.82) is 0 Å². The van der Waals surface area contributed by atoms with E-state index in [0.29, 0.717) is 5.33 Å². The van der Waals surface area contributed by atoms with Crippen molar-refractivity contribution >= 4 is 38.2 Å². The van der Waals surface area contributed by atoms with Crippen molar-refractivity contribution in [1.82, 2.24) is 5.32 Å². The lowest BCUT2D eigenvalue weighted by Crippen LogP contribution is -2.53. The van der Waals surface area contributed by atoms with E-state index in [4.69, 9.17) is 18.2 Å². The van der Waals surface area contributed by atoms with Gasteiger partial charge in [-0.15, -0.1) is 0 Å². The third-order valence-corrected chi connectivity index (χ3v) is 16.1. The van der Waals surface area contributed by atoms with E-state index >= 15 is 0 Å². The Morgan fingerprint density at radius 2 is 1.44 bits per heavy atom. The third-order valence-electron chi connectivity index (χ3n) is 10.3. The van der Waals surface area contributed by atoms with Gasteiger partial charge in [0.1, 0.15) is 6.61 Å². The molecular weight excluding hydrogens is 757 g/mol. The van der Waals surface area contributed by atoms with E-state index in [1.54, 1.807) is 0 Å². The first-order valence-electron chi connectivity index (χ1n) is 19.4. The van der Waals surface area contributed by atoms with Crippen LogP contribution >= 0.6 is 23.8 Å². The Hall–Kier alpha value is -1.78. The van der Waals surface area contributed by atoms with E-state index in [0.717, 1.165) is 41.5 Å². The van der Waals surface area contributed by atoms with Crippen LogP contribution in [0.5, 0.6) is 0 Å². The van der Waals surface area contributed by atoms with Crippen LogP contribution in [-0.2, 0) is 22.8 Å². The van der Waals surface area contributed by atoms with Crippen LogP contribution in [0.4, 0.5) is 4.79 Å². The van der Waals surface area contributed by atoms with Gasteiger partial charge < -0.3 is 19.4 Å². The number of carbonyl (C=O) groups is 1. The summed E-state index contributed by atoms with van der Waals surface area (Å²) in [6.07, 6.45) is 17.8. The van der Waals surface area contributed by atoms with Crippen LogP contribution in [0.3, 0.4) is 0 Å². The van der Waals surface area contributed by atoms with Crippen LogP contribution in [-0.4, -0.2) is 56.6 Å². The Bertz CT molecular complexity index is 1390. The number of nitrogens with one attached hydrogen (secondary N) is 1. The predicted molar refractivity (Wildman–Crippen MR) is 220 cm³/mol. The average Bonchev–Trinajstić information content (AvgIpc) is 3.42. The van der Waals surface area contributed by atoms with Gasteiger partial charge in [-0.05, 0) is 53.2 Å². The van der Waals surface area contributed by atoms with Gasteiger partial charge in [0.25, 0.3) is 0 Å². The molecule has 1 amide bonds. The molecule has 0 aliphatic heterocycles. The first kappa shape index (κ1) is 44.6. The Balaban J connectivity index is 1.70. The van der Waals surface area contributed by atoms with Crippen LogP contribution in [0.15, 0.2) is 60.7 Å². The number of amides is 1. The molecule has 0 aromatic heterocycles. The van der Waals surface area contributed by atoms with Gasteiger partial charge in [-0.1, -0.05) is 169 Å². The van der Waals surface area contributed by atoms with E-state index in [9.17, 15) is 14.3 Å². The minimum atomic E-state index is -4.39. The Morgan fingerprint density at radius 1 is 0.904 bits per heavy atom. The predicted octanol–water partition coefficient (Wildman–Crippen LogP) is 12.1. The molecule has 1 aliphatic carbocycles. The first-order valence-corrected chi connectivity index (χ1v) is 25.0. The van der Waals surface area contributed by atoms with E-state index in [2.05, 4.69) is 92.4 Å². The number of hydrogen-bond acceptors (Lipinski definition) is 6. The van der Waals surface area contributed by atoms with E-state index in [1.807, 2.05) is 30.3 Å². The van der Waals surface area contributed by atoms with Crippen molar-refractivity contribution in [2.24, 2.45) is 0 Å². The van der Waals surface area contributed by atoms with Gasteiger partial charge in [0.2, 0.25) is 0 Å². The van der Waals surface area contributed by atoms with Gasteiger partial charge in [-0.2, -0.15) is 0 Å². The van der Waals surface area contributed by atoms with Crippen molar-refractivity contribution in [2.75, 3.05) is 25.2 Å². The number of phosphoric acid groups is 1. The number of allylic oxidation sites excluding steroid dienone is 1. The van der Waals surface area contributed by atoms with Crippen LogP contribution in [0.1, 0.15) is 122 Å². The van der Waals surface area contributed by atoms with Crippen molar-refractivity contribution in [3.8, 4) is 11.1 Å². The van der Waals surface area contributed by atoms with E-state index < -0.39 is 34.4 Å². The highest BCUT2D eigenvalue weighted by Crippen LogP contribution is 2.45. The maximum absolute atomic E-state index is 13.6. The lowest BCUT2D eigenvalue weighted by molar-refractivity contribution is 0.0902. The second-order valence-corrected chi connectivity index (χ2v) is 22.5. The lowest BCUT2D eigenvalue weighted by atomic mass is 9.98. The number of halogens is 1. The third kappa shape index (κ3) is 14.8. The second-order valence-electron chi connectivity index (χ2n) is 15.5. The molecule has 0 spiro atoms. The number of carbonyl (C=O) groups excluding carboxylic acids is 1. The number of alkyl halides is 1. The summed E-state index contributed by atoms with van der Waals surface area (Å²) in [5.41, 5.74) is 4.52. The second kappa shape index (κ2) is 22.6. The van der Waals surface area contributed by atoms with Crippen LogP contribution in [0, 0.1) is 0 Å². The molecule has 0 bridgehead atoms.